The molecule has 0 spiro atoms. The number of amides is 1. The maximum Gasteiger partial charge on any atom is 0.254 e. The van der Waals surface area contributed by atoms with Crippen LogP contribution >= 0.6 is 35.3 Å². The first-order chi connectivity index (χ1) is 12.5. The number of rotatable bonds is 7. The summed E-state index contributed by atoms with van der Waals surface area (Å²) in [5.74, 6) is -0.270. The third-order valence-electron chi connectivity index (χ3n) is 3.73. The second-order valence-corrected chi connectivity index (χ2v) is 7.37. The Balaban J connectivity index is 0.00000364. The number of guanidine groups is 1. The highest BCUT2D eigenvalue weighted by molar-refractivity contribution is 14.0. The first-order valence-electron chi connectivity index (χ1n) is 8.55. The molecule has 2 rings (SSSR count). The van der Waals surface area contributed by atoms with E-state index in [0.29, 0.717) is 19.0 Å². The van der Waals surface area contributed by atoms with Gasteiger partial charge < -0.3 is 16.0 Å². The van der Waals surface area contributed by atoms with Gasteiger partial charge in [-0.3, -0.25) is 9.79 Å². The lowest BCUT2D eigenvalue weighted by Gasteiger charge is -2.17. The smallest absolute Gasteiger partial charge is 0.254 e. The lowest BCUT2D eigenvalue weighted by Crippen LogP contribution is -2.45. The number of hydrogen-bond acceptors (Lipinski definition) is 3. The molecule has 27 heavy (non-hydrogen) atoms. The predicted molar refractivity (Wildman–Crippen MR) is 121 cm³/mol. The van der Waals surface area contributed by atoms with Crippen LogP contribution < -0.4 is 16.0 Å². The van der Waals surface area contributed by atoms with E-state index in [2.05, 4.69) is 46.9 Å². The van der Waals surface area contributed by atoms with Gasteiger partial charge in [-0.05, 0) is 38.1 Å². The fourth-order valence-corrected chi connectivity index (χ4v) is 3.49. The lowest BCUT2D eigenvalue weighted by atomic mass is 10.2. The van der Waals surface area contributed by atoms with Crippen molar-refractivity contribution in [3.63, 3.8) is 0 Å². The number of hydrogen-bond donors (Lipinski definition) is 3. The minimum atomic E-state index is -0.520. The second-order valence-electron chi connectivity index (χ2n) is 6.00. The molecule has 1 amide bonds. The van der Waals surface area contributed by atoms with Gasteiger partial charge in [0.25, 0.3) is 5.91 Å². The summed E-state index contributed by atoms with van der Waals surface area (Å²) in [6.07, 6.45) is 0.920. The van der Waals surface area contributed by atoms with Gasteiger partial charge in [-0.15, -0.1) is 35.3 Å². The Hall–Kier alpha value is -1.68. The first-order valence-corrected chi connectivity index (χ1v) is 9.36. The number of nitrogens with one attached hydrogen (secondary N) is 3. The standard InChI is InChI=1S/C19H25FN4OS.HI/c1-13(12-15-9-8-14(2)26-15)24-19(21-3)23-11-10-22-18(25)16-6-4-5-7-17(16)20;/h4-9,13H,10-12H2,1-3H3,(H,22,25)(H2,21,23,24);1H. The molecular formula is C19H26FIN4OS. The van der Waals surface area contributed by atoms with Gasteiger partial charge >= 0.3 is 0 Å². The average Bonchev–Trinajstić information content (AvgIpc) is 3.02. The Morgan fingerprint density at radius 1 is 1.19 bits per heavy atom. The third kappa shape index (κ3) is 7.84. The topological polar surface area (TPSA) is 65.5 Å². The molecule has 1 atom stereocenters. The van der Waals surface area contributed by atoms with E-state index in [-0.39, 0.29) is 35.6 Å². The van der Waals surface area contributed by atoms with Crippen LogP contribution in [-0.4, -0.2) is 38.0 Å². The van der Waals surface area contributed by atoms with E-state index in [4.69, 9.17) is 0 Å². The summed E-state index contributed by atoms with van der Waals surface area (Å²) < 4.78 is 13.6. The number of nitrogens with zero attached hydrogens (tertiary/aromatic N) is 1. The molecule has 2 aromatic rings. The minimum absolute atomic E-state index is 0. The number of thiophene rings is 1. The van der Waals surface area contributed by atoms with Crippen molar-refractivity contribution in [2.24, 2.45) is 4.99 Å². The normalized spacial score (nSPS) is 12.1. The van der Waals surface area contributed by atoms with Crippen molar-refractivity contribution in [1.82, 2.24) is 16.0 Å². The summed E-state index contributed by atoms with van der Waals surface area (Å²) in [6, 6.07) is 10.4. The van der Waals surface area contributed by atoms with Gasteiger partial charge in [0.2, 0.25) is 0 Å². The molecule has 0 aliphatic carbocycles. The highest BCUT2D eigenvalue weighted by Crippen LogP contribution is 2.16. The average molecular weight is 504 g/mol. The molecule has 0 aliphatic rings. The highest BCUT2D eigenvalue weighted by Gasteiger charge is 2.10. The number of aliphatic imine (C=N–C) groups is 1. The molecule has 0 radical (unpaired) electrons. The Bertz CT molecular complexity index is 766. The van der Waals surface area contributed by atoms with Crippen molar-refractivity contribution in [2.45, 2.75) is 26.3 Å². The lowest BCUT2D eigenvalue weighted by molar-refractivity contribution is 0.0950. The van der Waals surface area contributed by atoms with Crippen molar-refractivity contribution in [2.75, 3.05) is 20.1 Å². The van der Waals surface area contributed by atoms with Crippen LogP contribution in [0.5, 0.6) is 0 Å². The molecule has 1 aromatic carbocycles. The quantitative estimate of drug-likeness (QED) is 0.235. The number of carbonyl (C=O) groups excluding carboxylic acids is 1. The van der Waals surface area contributed by atoms with Gasteiger partial charge in [-0.2, -0.15) is 0 Å². The van der Waals surface area contributed by atoms with Gasteiger partial charge in [-0.25, -0.2) is 4.39 Å². The van der Waals surface area contributed by atoms with Gasteiger partial charge in [0.05, 0.1) is 5.56 Å². The van der Waals surface area contributed by atoms with Crippen LogP contribution in [0.25, 0.3) is 0 Å². The Kier molecular flexibility index (Phi) is 10.3. The maximum atomic E-state index is 13.6. The van der Waals surface area contributed by atoms with E-state index in [1.54, 1.807) is 30.5 Å². The zero-order chi connectivity index (χ0) is 18.9. The van der Waals surface area contributed by atoms with Crippen LogP contribution in [-0.2, 0) is 6.42 Å². The fraction of sp³-hybridized carbons (Fsp3) is 0.368. The fourth-order valence-electron chi connectivity index (χ4n) is 2.47. The van der Waals surface area contributed by atoms with E-state index in [1.165, 1.54) is 21.9 Å². The molecule has 5 nitrogen and oxygen atoms in total. The molecule has 148 valence electrons. The zero-order valence-electron chi connectivity index (χ0n) is 15.7. The molecular weight excluding hydrogens is 478 g/mol. The molecule has 0 saturated heterocycles. The molecule has 0 saturated carbocycles. The van der Waals surface area contributed by atoms with Crippen LogP contribution in [0.3, 0.4) is 0 Å². The number of aryl methyl sites for hydroxylation is 1. The third-order valence-corrected chi connectivity index (χ3v) is 4.75. The maximum absolute atomic E-state index is 13.6. The van der Waals surface area contributed by atoms with E-state index in [0.717, 1.165) is 6.42 Å². The molecule has 0 aliphatic heterocycles. The van der Waals surface area contributed by atoms with E-state index >= 15 is 0 Å². The van der Waals surface area contributed by atoms with Crippen molar-refractivity contribution >= 4 is 47.2 Å². The van der Waals surface area contributed by atoms with Crippen molar-refractivity contribution in [1.29, 1.82) is 0 Å². The summed E-state index contributed by atoms with van der Waals surface area (Å²) >= 11 is 1.80. The summed E-state index contributed by atoms with van der Waals surface area (Å²) in [7, 11) is 1.70. The Labute approximate surface area is 180 Å². The van der Waals surface area contributed by atoms with Crippen LogP contribution in [0.2, 0.25) is 0 Å². The van der Waals surface area contributed by atoms with Crippen molar-refractivity contribution in [3.05, 3.63) is 57.5 Å². The van der Waals surface area contributed by atoms with E-state index in [9.17, 15) is 9.18 Å². The highest BCUT2D eigenvalue weighted by atomic mass is 127. The van der Waals surface area contributed by atoms with Gasteiger partial charge in [0.1, 0.15) is 5.82 Å². The summed E-state index contributed by atoms with van der Waals surface area (Å²) in [5, 5.41) is 9.17. The van der Waals surface area contributed by atoms with Gasteiger partial charge in [0, 0.05) is 42.4 Å². The molecule has 3 N–H and O–H groups in total. The van der Waals surface area contributed by atoms with Gasteiger partial charge in [0.15, 0.2) is 5.96 Å². The Morgan fingerprint density at radius 3 is 2.52 bits per heavy atom. The van der Waals surface area contributed by atoms with Crippen molar-refractivity contribution < 1.29 is 9.18 Å². The molecule has 0 bridgehead atoms. The number of carbonyl (C=O) groups is 1. The first kappa shape index (κ1) is 23.4. The number of benzene rings is 1. The SMILES string of the molecule is CN=C(NCCNC(=O)c1ccccc1F)NC(C)Cc1ccc(C)s1.I. The molecule has 1 aromatic heterocycles. The van der Waals surface area contributed by atoms with Crippen molar-refractivity contribution in [3.8, 4) is 0 Å². The molecule has 8 heteroatoms. The molecule has 0 fully saturated rings. The van der Waals surface area contributed by atoms with Crippen LogP contribution in [0.15, 0.2) is 41.4 Å². The van der Waals surface area contributed by atoms with Gasteiger partial charge in [-0.1, -0.05) is 12.1 Å². The van der Waals surface area contributed by atoms with E-state index in [1.807, 2.05) is 0 Å². The van der Waals surface area contributed by atoms with Crippen LogP contribution in [0.4, 0.5) is 4.39 Å². The number of halogens is 2. The monoisotopic (exact) mass is 504 g/mol. The summed E-state index contributed by atoms with van der Waals surface area (Å²) in [4.78, 5) is 18.8. The molecule has 1 heterocycles. The minimum Gasteiger partial charge on any atom is -0.355 e. The second kappa shape index (κ2) is 11.9. The zero-order valence-corrected chi connectivity index (χ0v) is 18.9. The van der Waals surface area contributed by atoms with E-state index < -0.39 is 11.7 Å². The largest absolute Gasteiger partial charge is 0.355 e. The van der Waals surface area contributed by atoms with Crippen LogP contribution in [0, 0.1) is 12.7 Å². The summed E-state index contributed by atoms with van der Waals surface area (Å²) in [6.45, 7) is 5.06. The predicted octanol–water partition coefficient (Wildman–Crippen LogP) is 3.34. The van der Waals surface area contributed by atoms with Crippen LogP contribution in [0.1, 0.15) is 27.0 Å². The summed E-state index contributed by atoms with van der Waals surface area (Å²) in [5.41, 5.74) is 0.0508. The molecule has 1 unspecified atom stereocenters. The Morgan fingerprint density at radius 2 is 1.89 bits per heavy atom.